The predicted octanol–water partition coefficient (Wildman–Crippen LogP) is -0.0971. The van der Waals surface area contributed by atoms with Gasteiger partial charge in [0.25, 0.3) is 0 Å². The molecular weight excluding hydrogens is 226 g/mol. The minimum absolute atomic E-state index is 0.00948. The monoisotopic (exact) mass is 243 g/mol. The molecule has 0 radical (unpaired) electrons. The molecule has 1 aliphatic heterocycles. The molecule has 2 rings (SSSR count). The highest BCUT2D eigenvalue weighted by Gasteiger charge is 2.22. The predicted molar refractivity (Wildman–Crippen MR) is 63.9 cm³/mol. The lowest BCUT2D eigenvalue weighted by atomic mass is 10.2. The zero-order chi connectivity index (χ0) is 11.4. The number of nitrogens with one attached hydrogen (secondary N) is 3. The number of aromatic nitrogens is 1. The highest BCUT2D eigenvalue weighted by atomic mass is 32.1. The summed E-state index contributed by atoms with van der Waals surface area (Å²) in [7, 11) is 1.75. The van der Waals surface area contributed by atoms with Crippen LogP contribution in [0.5, 0.6) is 0 Å². The summed E-state index contributed by atoms with van der Waals surface area (Å²) in [5.74, 6) is 0. The van der Waals surface area contributed by atoms with Gasteiger partial charge in [0.2, 0.25) is 0 Å². The third-order valence-corrected chi connectivity index (χ3v) is 3.51. The van der Waals surface area contributed by atoms with Crippen LogP contribution >= 0.6 is 11.3 Å². The number of hydrogen-bond donors (Lipinski definition) is 3. The molecule has 16 heavy (non-hydrogen) atoms. The van der Waals surface area contributed by atoms with Crippen LogP contribution in [0.15, 0.2) is 10.2 Å². The lowest BCUT2D eigenvalue weighted by Gasteiger charge is -2.10. The largest absolute Gasteiger partial charge is 0.380 e. The third kappa shape index (κ3) is 3.15. The van der Waals surface area contributed by atoms with Crippen molar-refractivity contribution in [1.82, 2.24) is 15.6 Å². The lowest BCUT2D eigenvalue weighted by molar-refractivity contribution is 0.117. The van der Waals surface area contributed by atoms with Gasteiger partial charge in [-0.3, -0.25) is 4.79 Å². The van der Waals surface area contributed by atoms with Crippen molar-refractivity contribution in [2.45, 2.75) is 25.1 Å². The van der Waals surface area contributed by atoms with Crippen molar-refractivity contribution in [2.75, 3.05) is 20.2 Å². The van der Waals surface area contributed by atoms with E-state index >= 15 is 0 Å². The molecular formula is C10H17N3O2S. The molecule has 1 fully saturated rings. The molecule has 1 aromatic rings. The van der Waals surface area contributed by atoms with Crippen molar-refractivity contribution in [2.24, 2.45) is 0 Å². The molecule has 1 aromatic heterocycles. The van der Waals surface area contributed by atoms with Crippen LogP contribution < -0.4 is 15.5 Å². The number of thiazole rings is 1. The number of methoxy groups -OCH3 is 1. The van der Waals surface area contributed by atoms with E-state index in [2.05, 4.69) is 15.6 Å². The van der Waals surface area contributed by atoms with E-state index in [-0.39, 0.29) is 4.87 Å². The van der Waals surface area contributed by atoms with E-state index in [1.54, 1.807) is 7.11 Å². The van der Waals surface area contributed by atoms with Crippen LogP contribution in [0.4, 0.5) is 0 Å². The molecule has 0 amide bonds. The molecule has 0 saturated carbocycles. The maximum Gasteiger partial charge on any atom is 0.304 e. The van der Waals surface area contributed by atoms with E-state index in [9.17, 15) is 4.79 Å². The Morgan fingerprint density at radius 3 is 3.19 bits per heavy atom. The second-order valence-corrected chi connectivity index (χ2v) is 4.85. The second-order valence-electron chi connectivity index (χ2n) is 4.00. The Kier molecular flexibility index (Phi) is 4.11. The van der Waals surface area contributed by atoms with Crippen LogP contribution in [0.3, 0.4) is 0 Å². The molecule has 5 nitrogen and oxygen atoms in total. The number of hydrogen-bond acceptors (Lipinski definition) is 5. The standard InChI is InChI=1S/C10H17N3O2S/c1-15-9-2-7(12-5-9)3-11-4-8-6-16-10(14)13-8/h6-7,9,11-12H,2-5H2,1H3,(H,13,14). The van der Waals surface area contributed by atoms with E-state index < -0.39 is 0 Å². The number of aromatic amines is 1. The molecule has 1 aliphatic rings. The minimum Gasteiger partial charge on any atom is -0.380 e. The first-order valence-corrected chi connectivity index (χ1v) is 6.29. The van der Waals surface area contributed by atoms with Crippen LogP contribution in [-0.4, -0.2) is 37.3 Å². The Morgan fingerprint density at radius 2 is 2.56 bits per heavy atom. The van der Waals surface area contributed by atoms with Crippen LogP contribution in [-0.2, 0) is 11.3 Å². The van der Waals surface area contributed by atoms with Crippen molar-refractivity contribution in [3.05, 3.63) is 20.7 Å². The van der Waals surface area contributed by atoms with Gasteiger partial charge in [0.05, 0.1) is 6.10 Å². The van der Waals surface area contributed by atoms with E-state index in [1.807, 2.05) is 5.38 Å². The Balaban J connectivity index is 1.67. The molecule has 90 valence electrons. The van der Waals surface area contributed by atoms with Gasteiger partial charge in [-0.1, -0.05) is 11.3 Å². The van der Waals surface area contributed by atoms with Gasteiger partial charge in [-0.25, -0.2) is 0 Å². The molecule has 2 heterocycles. The molecule has 2 unspecified atom stereocenters. The first-order valence-electron chi connectivity index (χ1n) is 5.41. The molecule has 6 heteroatoms. The summed E-state index contributed by atoms with van der Waals surface area (Å²) in [4.78, 5) is 13.7. The zero-order valence-corrected chi connectivity index (χ0v) is 10.1. The van der Waals surface area contributed by atoms with Gasteiger partial charge in [0.15, 0.2) is 0 Å². The lowest BCUT2D eigenvalue weighted by Crippen LogP contribution is -2.33. The molecule has 1 saturated heterocycles. The summed E-state index contributed by atoms with van der Waals surface area (Å²) in [6, 6.07) is 0.468. The van der Waals surface area contributed by atoms with Crippen molar-refractivity contribution in [3.8, 4) is 0 Å². The Bertz CT molecular complexity index is 376. The summed E-state index contributed by atoms with van der Waals surface area (Å²) in [6.07, 6.45) is 1.39. The van der Waals surface area contributed by atoms with Crippen LogP contribution in [0.25, 0.3) is 0 Å². The quantitative estimate of drug-likeness (QED) is 0.676. The van der Waals surface area contributed by atoms with Gasteiger partial charge in [-0.2, -0.15) is 0 Å². The highest BCUT2D eigenvalue weighted by Crippen LogP contribution is 2.08. The highest BCUT2D eigenvalue weighted by molar-refractivity contribution is 7.07. The summed E-state index contributed by atoms with van der Waals surface area (Å²) >= 11 is 1.20. The fourth-order valence-electron chi connectivity index (χ4n) is 1.90. The Hall–Kier alpha value is -0.690. The molecule has 2 atom stereocenters. The van der Waals surface area contributed by atoms with Gasteiger partial charge < -0.3 is 20.4 Å². The number of rotatable bonds is 5. The summed E-state index contributed by atoms with van der Waals surface area (Å²) < 4.78 is 5.27. The fourth-order valence-corrected chi connectivity index (χ4v) is 2.48. The van der Waals surface area contributed by atoms with Crippen molar-refractivity contribution >= 4 is 11.3 Å². The molecule has 0 spiro atoms. The first kappa shape index (κ1) is 11.8. The normalized spacial score (nSPS) is 25.1. The first-order chi connectivity index (χ1) is 7.78. The molecule has 3 N–H and O–H groups in total. The average molecular weight is 243 g/mol. The molecule has 0 bridgehead atoms. The molecule has 0 aromatic carbocycles. The average Bonchev–Trinajstić information content (AvgIpc) is 2.88. The Labute approximate surface area is 98.2 Å². The van der Waals surface area contributed by atoms with E-state index in [0.29, 0.717) is 18.7 Å². The second kappa shape index (κ2) is 5.58. The van der Waals surface area contributed by atoms with E-state index in [1.165, 1.54) is 11.3 Å². The summed E-state index contributed by atoms with van der Waals surface area (Å²) in [6.45, 7) is 2.55. The number of H-pyrrole nitrogens is 1. The van der Waals surface area contributed by atoms with Gasteiger partial charge >= 0.3 is 4.87 Å². The Morgan fingerprint density at radius 1 is 1.69 bits per heavy atom. The minimum atomic E-state index is 0.00948. The van der Waals surface area contributed by atoms with Crippen LogP contribution in [0.1, 0.15) is 12.1 Å². The van der Waals surface area contributed by atoms with E-state index in [4.69, 9.17) is 4.74 Å². The number of ether oxygens (including phenoxy) is 1. The van der Waals surface area contributed by atoms with Crippen LogP contribution in [0, 0.1) is 0 Å². The van der Waals surface area contributed by atoms with Crippen molar-refractivity contribution in [3.63, 3.8) is 0 Å². The fraction of sp³-hybridized carbons (Fsp3) is 0.700. The topological polar surface area (TPSA) is 66.2 Å². The van der Waals surface area contributed by atoms with E-state index in [0.717, 1.165) is 25.2 Å². The smallest absolute Gasteiger partial charge is 0.304 e. The SMILES string of the molecule is COC1CNC(CNCc2csc(=O)[nH]2)C1. The van der Waals surface area contributed by atoms with Gasteiger partial charge in [0, 0.05) is 43.9 Å². The van der Waals surface area contributed by atoms with Crippen LogP contribution in [0.2, 0.25) is 0 Å². The zero-order valence-electron chi connectivity index (χ0n) is 9.29. The molecule has 0 aliphatic carbocycles. The maximum absolute atomic E-state index is 10.9. The van der Waals surface area contributed by atoms with Gasteiger partial charge in [-0.05, 0) is 6.42 Å². The summed E-state index contributed by atoms with van der Waals surface area (Å²) in [5, 5.41) is 8.57. The third-order valence-electron chi connectivity index (χ3n) is 2.79. The van der Waals surface area contributed by atoms with Crippen molar-refractivity contribution < 1.29 is 4.74 Å². The summed E-state index contributed by atoms with van der Waals surface area (Å²) in [5.41, 5.74) is 0.955. The van der Waals surface area contributed by atoms with Gasteiger partial charge in [-0.15, -0.1) is 0 Å². The maximum atomic E-state index is 10.9. The van der Waals surface area contributed by atoms with Gasteiger partial charge in [0.1, 0.15) is 0 Å². The van der Waals surface area contributed by atoms with Crippen molar-refractivity contribution in [1.29, 1.82) is 0 Å².